The van der Waals surface area contributed by atoms with Gasteiger partial charge in [0.05, 0.1) is 11.4 Å². The second-order valence-electron chi connectivity index (χ2n) is 0.409. The van der Waals surface area contributed by atoms with Crippen molar-refractivity contribution in [3.63, 3.8) is 0 Å². The molecule has 0 bridgehead atoms. The van der Waals surface area contributed by atoms with Gasteiger partial charge in [-0.15, -0.1) is 0 Å². The van der Waals surface area contributed by atoms with Gasteiger partial charge in [-0.05, 0) is 0 Å². The fourth-order valence-corrected chi connectivity index (χ4v) is 0. The van der Waals surface area contributed by atoms with Crippen LogP contribution >= 0.6 is 36.7 Å². The maximum atomic E-state index is 8.56. The van der Waals surface area contributed by atoms with Crippen LogP contribution in [0.4, 0.5) is 0 Å². The average molecular weight is 530 g/mol. The molecule has 8 heteroatoms. The molecule has 0 aliphatic rings. The van der Waals surface area contributed by atoms with E-state index in [4.69, 9.17) is 13.3 Å². The Morgan fingerprint density at radius 2 is 1.50 bits per heavy atom. The van der Waals surface area contributed by atoms with Crippen molar-refractivity contribution in [1.29, 1.82) is 0 Å². The molecule has 0 amide bonds. The number of hydrogen-bond donors (Lipinski definition) is 1. The first-order valence-corrected chi connectivity index (χ1v) is 24.7. The molecule has 1 unspecified atom stereocenters. The molecule has 0 aliphatic heterocycles. The van der Waals surface area contributed by atoms with Gasteiger partial charge in [-0.25, -0.2) is 4.21 Å². The van der Waals surface area contributed by atoms with Crippen molar-refractivity contribution in [2.45, 2.75) is 0 Å². The van der Waals surface area contributed by atoms with E-state index in [9.17, 15) is 0 Å². The van der Waals surface area contributed by atoms with Gasteiger partial charge in [0.15, 0.2) is 0 Å². The molecule has 0 rings (SSSR count). The Morgan fingerprint density at radius 1 is 1.50 bits per heavy atom. The number of halogens is 3. The van der Waals surface area contributed by atoms with Gasteiger partial charge in [-0.3, -0.25) is 0 Å². The minimum atomic E-state index is -2.86. The Balaban J connectivity index is 0. The monoisotopic (exact) mass is 527 g/mol. The molecule has 52 valence electrons. The topological polar surface area (TPSA) is 60.4 Å². The van der Waals surface area contributed by atoms with E-state index in [1.54, 1.807) is 0 Å². The maximum absolute atomic E-state index is 8.56. The molecule has 0 radical (unpaired) electrons. The third kappa shape index (κ3) is 80.1. The van der Waals surface area contributed by atoms with Crippen molar-refractivity contribution in [3.8, 4) is 0 Å². The summed E-state index contributed by atoms with van der Waals surface area (Å²) in [5, 5.41) is 0. The van der Waals surface area contributed by atoms with Crippen LogP contribution in [-0.2, 0) is 11.4 Å². The molecule has 3 nitrogen and oxygen atoms in total. The first kappa shape index (κ1) is 13.0. The zero-order valence-corrected chi connectivity index (χ0v) is 12.3. The van der Waals surface area contributed by atoms with Gasteiger partial charge in [0.2, 0.25) is 0 Å². The second-order valence-corrected chi connectivity index (χ2v) is 46.1. The van der Waals surface area contributed by atoms with Crippen molar-refractivity contribution in [2.75, 3.05) is 0 Å². The second kappa shape index (κ2) is 9.39. The van der Waals surface area contributed by atoms with E-state index in [-0.39, 0.29) is 0 Å². The van der Waals surface area contributed by atoms with E-state index in [0.29, 0.717) is 0 Å². The molecule has 8 heavy (non-hydrogen) atoms. The quantitative estimate of drug-likeness (QED) is 0.382. The van der Waals surface area contributed by atoms with Crippen LogP contribution in [0.3, 0.4) is 0 Å². The van der Waals surface area contributed by atoms with Crippen LogP contribution in [-0.4, -0.2) is 28.0 Å². The Kier molecular flexibility index (Phi) is 15.3. The summed E-state index contributed by atoms with van der Waals surface area (Å²) in [5.41, 5.74) is 0. The third-order valence-corrected chi connectivity index (χ3v) is 0. The Bertz CT molecular complexity index is 58.8. The first-order valence-electron chi connectivity index (χ1n) is 1.02. The Morgan fingerprint density at radius 3 is 1.50 bits per heavy atom. The van der Waals surface area contributed by atoms with Crippen LogP contribution in [0, 0.1) is 0 Å². The van der Waals surface area contributed by atoms with Gasteiger partial charge in [-0.2, -0.15) is 0 Å². The van der Waals surface area contributed by atoms with Crippen molar-refractivity contribution in [1.82, 2.24) is 0 Å². The molecule has 0 fully saturated rings. The third-order valence-electron chi connectivity index (χ3n) is 0. The molecule has 0 spiro atoms. The molecular weight excluding hydrogens is 529 g/mol. The molecule has 1 N–H and O–H groups in total. The standard InChI is InChI=1S/Bi.3BrH.H2O3S/c;;;;1-4(2)3/h;3*1H;(H2,1,2,3)/q+3;;;;/p-4. The molecule has 0 heterocycles. The Hall–Kier alpha value is 2.39. The minimum absolute atomic E-state index is 1.16. The zero-order valence-electron chi connectivity index (χ0n) is 3.25. The Labute approximate surface area is 74.8 Å². The molecule has 0 aromatic rings. The van der Waals surface area contributed by atoms with E-state index in [0.717, 1.165) is 0 Å². The molecule has 0 saturated carbocycles. The van der Waals surface area contributed by atoms with Crippen LogP contribution in [0.15, 0.2) is 0 Å². The summed E-state index contributed by atoms with van der Waals surface area (Å²) in [6.07, 6.45) is 0. The number of hydrogen-bond acceptors (Lipinski definition) is 2. The SMILES string of the molecule is O=S([O-])O.[Br][Bi]([Br])[Br]. The van der Waals surface area contributed by atoms with E-state index < -0.39 is 26.1 Å². The summed E-state index contributed by atoms with van der Waals surface area (Å²) in [7, 11) is 0. The predicted octanol–water partition coefficient (Wildman–Crippen LogP) is 1.49. The zero-order chi connectivity index (χ0) is 7.15. The van der Waals surface area contributed by atoms with Gasteiger partial charge < -0.3 is 9.11 Å². The molecule has 0 saturated heterocycles. The normalized spacial score (nSPS) is 12.2. The van der Waals surface area contributed by atoms with Crippen molar-refractivity contribution in [2.24, 2.45) is 0 Å². The predicted molar refractivity (Wildman–Crippen MR) is 44.1 cm³/mol. The van der Waals surface area contributed by atoms with Crippen LogP contribution in [0.2, 0.25) is 0 Å². The summed E-state index contributed by atoms with van der Waals surface area (Å²) in [6, 6.07) is 0. The van der Waals surface area contributed by atoms with E-state index in [2.05, 4.69) is 36.7 Å². The van der Waals surface area contributed by atoms with Gasteiger partial charge in [0.25, 0.3) is 0 Å². The molecule has 1 atom stereocenters. The van der Waals surface area contributed by atoms with Gasteiger partial charge in [0.1, 0.15) is 0 Å². The average Bonchev–Trinajstić information content (AvgIpc) is 1.25. The van der Waals surface area contributed by atoms with E-state index in [1.165, 1.54) is 0 Å². The van der Waals surface area contributed by atoms with E-state index in [1.807, 2.05) is 0 Å². The number of rotatable bonds is 0. The van der Waals surface area contributed by atoms with Crippen LogP contribution < -0.4 is 0 Å². The van der Waals surface area contributed by atoms with Gasteiger partial charge >= 0.3 is 51.4 Å². The van der Waals surface area contributed by atoms with Crippen LogP contribution in [0.25, 0.3) is 0 Å². The first-order chi connectivity index (χ1) is 3.46. The molecule has 0 aromatic carbocycles. The van der Waals surface area contributed by atoms with Crippen LogP contribution in [0.5, 0.6) is 0 Å². The molecule has 0 aromatic heterocycles. The summed E-state index contributed by atoms with van der Waals surface area (Å²) in [5.74, 6) is 0. The van der Waals surface area contributed by atoms with Crippen LogP contribution in [0.1, 0.15) is 0 Å². The van der Waals surface area contributed by atoms with Gasteiger partial charge in [-0.1, -0.05) is 0 Å². The van der Waals surface area contributed by atoms with Gasteiger partial charge in [0, 0.05) is 0 Å². The van der Waals surface area contributed by atoms with E-state index >= 15 is 0 Å². The summed E-state index contributed by atoms with van der Waals surface area (Å²) >= 11 is 5.91. The summed E-state index contributed by atoms with van der Waals surface area (Å²) in [4.78, 5) is 0. The van der Waals surface area contributed by atoms with Crippen molar-refractivity contribution >= 4 is 62.7 Å². The fraction of sp³-hybridized carbons (Fsp3) is 0. The molecule has 0 aliphatic carbocycles. The fourth-order valence-electron chi connectivity index (χ4n) is 0. The van der Waals surface area contributed by atoms with Crippen molar-refractivity contribution < 1.29 is 13.3 Å². The van der Waals surface area contributed by atoms with Crippen molar-refractivity contribution in [3.05, 3.63) is 0 Å². The summed E-state index contributed by atoms with van der Waals surface area (Å²) in [6.45, 7) is 0. The summed E-state index contributed by atoms with van der Waals surface area (Å²) < 4.78 is 24.1. The molecular formula is HBiBr3O3S-.